The van der Waals surface area contributed by atoms with Crippen LogP contribution in [0.5, 0.6) is 0 Å². The van der Waals surface area contributed by atoms with E-state index in [-0.39, 0.29) is 18.0 Å². The molecule has 0 spiro atoms. The third-order valence-electron chi connectivity index (χ3n) is 9.04. The third-order valence-corrected chi connectivity index (χ3v) is 9.04. The maximum absolute atomic E-state index is 12.8. The molecule has 7 heteroatoms. The summed E-state index contributed by atoms with van der Waals surface area (Å²) in [5, 5.41) is 11.9. The molecule has 324 valence electrons. The lowest BCUT2D eigenvalue weighted by atomic mass is 10.0. The van der Waals surface area contributed by atoms with E-state index in [0.29, 0.717) is 45.1 Å². The molecule has 0 saturated carbocycles. The van der Waals surface area contributed by atoms with Gasteiger partial charge in [-0.2, -0.15) is 0 Å². The Labute approximate surface area is 353 Å². The summed E-state index contributed by atoms with van der Waals surface area (Å²) in [5.74, 6) is -1.39. The molecular weight excluding hydrogens is 721 g/mol. The largest absolute Gasteiger partial charge is 0.480 e. The van der Waals surface area contributed by atoms with E-state index in [1.165, 1.54) is 0 Å². The van der Waals surface area contributed by atoms with Gasteiger partial charge in [0.15, 0.2) is 0 Å². The fourth-order valence-corrected chi connectivity index (χ4v) is 5.76. The highest BCUT2D eigenvalue weighted by Gasteiger charge is 2.19. The number of carboxylic acid groups (broad SMARTS) is 1. The number of rotatable bonds is 38. The first-order valence-electron chi connectivity index (χ1n) is 22.4. The molecule has 4 N–H and O–H groups in total. The van der Waals surface area contributed by atoms with Crippen molar-refractivity contribution in [2.75, 3.05) is 6.54 Å². The van der Waals surface area contributed by atoms with E-state index in [0.717, 1.165) is 109 Å². The molecule has 0 rings (SSSR count). The Bertz CT molecular complexity index is 1310. The van der Waals surface area contributed by atoms with Crippen molar-refractivity contribution in [3.05, 3.63) is 122 Å². The summed E-state index contributed by atoms with van der Waals surface area (Å²) < 4.78 is 5.96. The van der Waals surface area contributed by atoms with Crippen molar-refractivity contribution in [2.24, 2.45) is 5.73 Å². The van der Waals surface area contributed by atoms with Crippen LogP contribution in [-0.2, 0) is 19.1 Å². The first-order valence-corrected chi connectivity index (χ1v) is 22.4. The fourth-order valence-electron chi connectivity index (χ4n) is 5.76. The minimum atomic E-state index is -1.02. The van der Waals surface area contributed by atoms with Crippen molar-refractivity contribution >= 4 is 17.8 Å². The van der Waals surface area contributed by atoms with Crippen LogP contribution >= 0.6 is 0 Å². The smallest absolute Gasteiger partial charge is 0.326 e. The van der Waals surface area contributed by atoms with Crippen molar-refractivity contribution in [1.82, 2.24) is 5.32 Å². The van der Waals surface area contributed by atoms with E-state index >= 15 is 0 Å². The molecule has 0 aliphatic rings. The molecule has 2 atom stereocenters. The van der Waals surface area contributed by atoms with Gasteiger partial charge in [-0.15, -0.1) is 0 Å². The number of nitrogens with two attached hydrogens (primary N) is 1. The van der Waals surface area contributed by atoms with Crippen LogP contribution in [0.15, 0.2) is 122 Å². The van der Waals surface area contributed by atoms with Gasteiger partial charge in [0.05, 0.1) is 0 Å². The van der Waals surface area contributed by atoms with E-state index < -0.39 is 12.0 Å². The first kappa shape index (κ1) is 53.8. The van der Waals surface area contributed by atoms with Gasteiger partial charge in [-0.25, -0.2) is 4.79 Å². The maximum atomic E-state index is 12.8. The number of carbonyl (C=O) groups excluding carboxylic acids is 2. The lowest BCUT2D eigenvalue weighted by Crippen LogP contribution is -2.40. The Kier molecular flexibility index (Phi) is 40.7. The average molecular weight is 801 g/mol. The van der Waals surface area contributed by atoms with E-state index in [1.54, 1.807) is 0 Å². The topological polar surface area (TPSA) is 119 Å². The molecule has 1 amide bonds. The minimum absolute atomic E-state index is 0.114. The van der Waals surface area contributed by atoms with E-state index in [2.05, 4.69) is 141 Å². The Hall–Kier alpha value is -4.23. The highest BCUT2D eigenvalue weighted by atomic mass is 16.5. The molecule has 2 unspecified atom stereocenters. The number of allylic oxidation sites excluding steroid dienone is 20. The molecule has 0 aromatic rings. The van der Waals surface area contributed by atoms with Crippen molar-refractivity contribution in [3.8, 4) is 0 Å². The molecule has 0 heterocycles. The molecule has 58 heavy (non-hydrogen) atoms. The minimum Gasteiger partial charge on any atom is -0.480 e. The summed E-state index contributed by atoms with van der Waals surface area (Å²) in [6.45, 7) is 4.69. The molecule has 0 aromatic carbocycles. The Morgan fingerprint density at radius 2 is 0.914 bits per heavy atom. The number of amides is 1. The second-order valence-corrected chi connectivity index (χ2v) is 14.3. The Morgan fingerprint density at radius 3 is 1.36 bits per heavy atom. The highest BCUT2D eigenvalue weighted by Crippen LogP contribution is 2.16. The van der Waals surface area contributed by atoms with Crippen molar-refractivity contribution in [2.45, 2.75) is 174 Å². The van der Waals surface area contributed by atoms with E-state index in [1.807, 2.05) is 0 Å². The summed E-state index contributed by atoms with van der Waals surface area (Å²) >= 11 is 0. The predicted octanol–water partition coefficient (Wildman–Crippen LogP) is 13.0. The first-order chi connectivity index (χ1) is 28.4. The number of hydrogen-bond donors (Lipinski definition) is 3. The molecule has 7 nitrogen and oxygen atoms in total. The number of carboxylic acids is 1. The second kappa shape index (κ2) is 43.9. The van der Waals surface area contributed by atoms with Gasteiger partial charge in [-0.3, -0.25) is 9.59 Å². The zero-order chi connectivity index (χ0) is 42.4. The summed E-state index contributed by atoms with van der Waals surface area (Å²) in [7, 11) is 0. The predicted molar refractivity (Wildman–Crippen MR) is 247 cm³/mol. The van der Waals surface area contributed by atoms with E-state index in [9.17, 15) is 19.5 Å². The van der Waals surface area contributed by atoms with Gasteiger partial charge in [0, 0.05) is 12.8 Å². The number of unbranched alkanes of at least 4 members (excludes halogenated alkanes) is 4. The summed E-state index contributed by atoms with van der Waals surface area (Å²) in [4.78, 5) is 36.4. The van der Waals surface area contributed by atoms with E-state index in [4.69, 9.17) is 10.5 Å². The number of hydrogen-bond acceptors (Lipinski definition) is 5. The van der Waals surface area contributed by atoms with Crippen molar-refractivity contribution < 1.29 is 24.2 Å². The molecule has 0 aliphatic carbocycles. The van der Waals surface area contributed by atoms with Crippen LogP contribution in [0.4, 0.5) is 0 Å². The van der Waals surface area contributed by atoms with Crippen LogP contribution in [0.3, 0.4) is 0 Å². The van der Waals surface area contributed by atoms with Gasteiger partial charge in [0.25, 0.3) is 0 Å². The summed E-state index contributed by atoms with van der Waals surface area (Å²) in [5.41, 5.74) is 5.48. The van der Waals surface area contributed by atoms with Gasteiger partial charge in [-0.1, -0.05) is 155 Å². The maximum Gasteiger partial charge on any atom is 0.326 e. The second-order valence-electron chi connectivity index (χ2n) is 14.3. The number of ether oxygens (including phenoxy) is 1. The normalized spacial score (nSPS) is 13.8. The van der Waals surface area contributed by atoms with Crippen LogP contribution in [-0.4, -0.2) is 41.6 Å². The van der Waals surface area contributed by atoms with Gasteiger partial charge in [-0.05, 0) is 122 Å². The van der Waals surface area contributed by atoms with Crippen LogP contribution in [0.2, 0.25) is 0 Å². The van der Waals surface area contributed by atoms with Crippen LogP contribution in [0.1, 0.15) is 162 Å². The zero-order valence-corrected chi connectivity index (χ0v) is 36.3. The molecule has 0 saturated heterocycles. The van der Waals surface area contributed by atoms with Gasteiger partial charge in [0.1, 0.15) is 12.1 Å². The van der Waals surface area contributed by atoms with Gasteiger partial charge >= 0.3 is 11.9 Å². The summed E-state index contributed by atoms with van der Waals surface area (Å²) in [6, 6.07) is -0.877. The summed E-state index contributed by atoms with van der Waals surface area (Å²) in [6.07, 6.45) is 62.5. The number of esters is 1. The Balaban J connectivity index is 4.59. The molecular formula is C51H80N2O5. The van der Waals surface area contributed by atoms with Crippen molar-refractivity contribution in [1.29, 1.82) is 0 Å². The molecule has 0 radical (unpaired) electrons. The third kappa shape index (κ3) is 40.0. The average Bonchev–Trinajstić information content (AvgIpc) is 3.21. The van der Waals surface area contributed by atoms with Crippen LogP contribution < -0.4 is 11.1 Å². The standard InChI is InChI=1S/C51H80N2O5/c1-3-5-7-9-11-13-15-17-18-19-20-21-22-24-26-28-30-35-39-45-50(55)58-47(41-36-32-29-27-25-23-16-14-12-10-8-6-4-2)42-37-33-31-34-38-44-49(54)53-48(51(56)57)43-40-46-52/h5-8,11-14,17-18,20-21,23-26,29-30,32,35,47-48H,3-4,9-10,15-16,19,22,27-28,31,33-34,36-46,52H2,1-2H3,(H,53,54)(H,56,57)/b7-5-,8-6-,13-11-,14-12-,18-17-,21-20-,25-23-,26-24-,32-29-,35-30-. The lowest BCUT2D eigenvalue weighted by Gasteiger charge is -2.17. The van der Waals surface area contributed by atoms with Gasteiger partial charge in [0.2, 0.25) is 5.91 Å². The number of nitrogens with one attached hydrogen (secondary N) is 1. The molecule has 0 aliphatic heterocycles. The lowest BCUT2D eigenvalue weighted by molar-refractivity contribution is -0.149. The zero-order valence-electron chi connectivity index (χ0n) is 36.3. The van der Waals surface area contributed by atoms with Crippen LogP contribution in [0, 0.1) is 0 Å². The quantitative estimate of drug-likeness (QED) is 0.0325. The monoisotopic (exact) mass is 801 g/mol. The molecule has 0 aromatic heterocycles. The molecule has 0 fully saturated rings. The van der Waals surface area contributed by atoms with Gasteiger partial charge < -0.3 is 20.9 Å². The molecule has 0 bridgehead atoms. The fraction of sp³-hybridized carbons (Fsp3) is 0.549. The Morgan fingerprint density at radius 1 is 0.500 bits per heavy atom. The highest BCUT2D eigenvalue weighted by molar-refractivity contribution is 5.83. The van der Waals surface area contributed by atoms with Crippen LogP contribution in [0.25, 0.3) is 0 Å². The number of aliphatic carboxylic acids is 1. The SMILES string of the molecule is CC/C=C\C/C=C\C/C=C\C/C=C\C/C=C\C/C=C\CCC(=O)OC(CC/C=C\C/C=C\C/C=C\C/C=C\CC)CCCCCCCC(=O)NC(CCCN)C(=O)O. The number of carbonyl (C=O) groups is 3. The van der Waals surface area contributed by atoms with Crippen molar-refractivity contribution in [3.63, 3.8) is 0 Å².